The summed E-state index contributed by atoms with van der Waals surface area (Å²) in [5, 5.41) is 10.8. The van der Waals surface area contributed by atoms with Gasteiger partial charge in [-0.25, -0.2) is 8.42 Å². The van der Waals surface area contributed by atoms with Gasteiger partial charge in [0.2, 0.25) is 10.0 Å². The second kappa shape index (κ2) is 8.74. The van der Waals surface area contributed by atoms with E-state index in [0.717, 1.165) is 6.07 Å². The maximum absolute atomic E-state index is 12.0. The fourth-order valence-electron chi connectivity index (χ4n) is 2.85. The van der Waals surface area contributed by atoms with Crippen molar-refractivity contribution in [3.05, 3.63) is 75.8 Å². The second-order valence-corrected chi connectivity index (χ2v) is 8.43. The van der Waals surface area contributed by atoms with Crippen molar-refractivity contribution in [2.75, 3.05) is 16.6 Å². The lowest BCUT2D eigenvalue weighted by Gasteiger charge is -2.16. The average molecular weight is 430 g/mol. The highest BCUT2D eigenvalue weighted by Gasteiger charge is 2.28. The average Bonchev–Trinajstić information content (AvgIpc) is 3.09. The predicted molar refractivity (Wildman–Crippen MR) is 110 cm³/mol. The number of sulfonamides is 1. The van der Waals surface area contributed by atoms with Crippen LogP contribution in [0.3, 0.4) is 0 Å². The van der Waals surface area contributed by atoms with Crippen molar-refractivity contribution < 1.29 is 22.9 Å². The predicted octanol–water partition coefficient (Wildman–Crippen LogP) is 1.61. The lowest BCUT2D eigenvalue weighted by atomic mass is 10.2. The van der Waals surface area contributed by atoms with E-state index >= 15 is 0 Å². The highest BCUT2D eigenvalue weighted by atomic mass is 32.2. The zero-order valence-corrected chi connectivity index (χ0v) is 16.5. The van der Waals surface area contributed by atoms with Crippen molar-refractivity contribution in [2.45, 2.75) is 6.42 Å². The summed E-state index contributed by atoms with van der Waals surface area (Å²) in [6.07, 6.45) is 3.28. The minimum Gasteiger partial charge on any atom is -0.270 e. The first-order chi connectivity index (χ1) is 14.3. The van der Waals surface area contributed by atoms with E-state index in [2.05, 4.69) is 10.9 Å². The van der Waals surface area contributed by atoms with Crippen LogP contribution in [0.2, 0.25) is 0 Å². The zero-order valence-electron chi connectivity index (χ0n) is 15.6. The minimum absolute atomic E-state index is 0.0286. The van der Waals surface area contributed by atoms with Crippen LogP contribution in [0.15, 0.2) is 54.6 Å². The number of nitrogens with one attached hydrogen (secondary N) is 2. The maximum atomic E-state index is 12.0. The van der Waals surface area contributed by atoms with Crippen LogP contribution in [0.4, 0.5) is 11.4 Å². The fraction of sp³-hybridized carbons (Fsp3) is 0.158. The van der Waals surface area contributed by atoms with E-state index in [9.17, 15) is 28.1 Å². The van der Waals surface area contributed by atoms with Gasteiger partial charge in [-0.2, -0.15) is 0 Å². The minimum atomic E-state index is -3.25. The Morgan fingerprint density at radius 1 is 1.10 bits per heavy atom. The number of carbonyl (C=O) groups excluding carboxylic acids is 2. The monoisotopic (exact) mass is 430 g/mol. The molecule has 10 nitrogen and oxygen atoms in total. The van der Waals surface area contributed by atoms with Gasteiger partial charge in [0.1, 0.15) is 0 Å². The normalized spacial score (nSPS) is 15.1. The molecule has 1 fully saturated rings. The van der Waals surface area contributed by atoms with Crippen LogP contribution in [0.5, 0.6) is 0 Å². The number of benzene rings is 2. The molecule has 11 heteroatoms. The van der Waals surface area contributed by atoms with Crippen LogP contribution >= 0.6 is 0 Å². The van der Waals surface area contributed by atoms with Crippen LogP contribution < -0.4 is 15.2 Å². The van der Waals surface area contributed by atoms with Crippen molar-refractivity contribution in [3.8, 4) is 0 Å². The highest BCUT2D eigenvalue weighted by molar-refractivity contribution is 7.93. The van der Waals surface area contributed by atoms with Gasteiger partial charge in [0.15, 0.2) is 0 Å². The summed E-state index contributed by atoms with van der Waals surface area (Å²) >= 11 is 0. The molecule has 3 rings (SSSR count). The molecule has 1 heterocycles. The molecule has 1 saturated heterocycles. The van der Waals surface area contributed by atoms with Crippen LogP contribution in [0, 0.1) is 10.1 Å². The van der Waals surface area contributed by atoms with E-state index in [-0.39, 0.29) is 17.0 Å². The van der Waals surface area contributed by atoms with E-state index in [1.54, 1.807) is 24.3 Å². The number of nitrogens with zero attached hydrogens (tertiary/aromatic N) is 2. The Morgan fingerprint density at radius 3 is 2.47 bits per heavy atom. The first kappa shape index (κ1) is 21.0. The Balaban J connectivity index is 1.55. The van der Waals surface area contributed by atoms with Crippen LogP contribution in [0.1, 0.15) is 22.3 Å². The van der Waals surface area contributed by atoms with E-state index in [0.29, 0.717) is 24.2 Å². The van der Waals surface area contributed by atoms with Gasteiger partial charge >= 0.3 is 0 Å². The summed E-state index contributed by atoms with van der Waals surface area (Å²) in [7, 11) is -3.25. The molecule has 2 aromatic carbocycles. The van der Waals surface area contributed by atoms with Gasteiger partial charge < -0.3 is 0 Å². The number of nitro benzene ring substituents is 1. The molecular weight excluding hydrogens is 412 g/mol. The number of hydrogen-bond acceptors (Lipinski definition) is 6. The number of amides is 2. The summed E-state index contributed by atoms with van der Waals surface area (Å²) in [6.45, 7) is 0.449. The molecule has 0 radical (unpaired) electrons. The van der Waals surface area contributed by atoms with Gasteiger partial charge in [-0.3, -0.25) is 34.9 Å². The Hall–Kier alpha value is -3.73. The Morgan fingerprint density at radius 2 is 1.83 bits per heavy atom. The summed E-state index contributed by atoms with van der Waals surface area (Å²) in [6, 6.07) is 11.8. The third-order valence-corrected chi connectivity index (χ3v) is 6.20. The summed E-state index contributed by atoms with van der Waals surface area (Å²) in [5.41, 5.74) is 5.38. The molecule has 0 bridgehead atoms. The summed E-state index contributed by atoms with van der Waals surface area (Å²) in [5.74, 6) is -1.17. The number of carbonyl (C=O) groups is 2. The van der Waals surface area contributed by atoms with Crippen LogP contribution in [-0.4, -0.2) is 37.5 Å². The zero-order chi connectivity index (χ0) is 21.7. The molecular formula is C19H18N4O6S. The number of anilines is 1. The number of non-ortho nitro benzene ring substituents is 1. The third kappa shape index (κ3) is 5.00. The standard InChI is InChI=1S/C19H18N4O6S/c24-18(20-21-19(25)15-3-1-4-17(13-15)23(26)27)10-7-14-5-8-16(9-6-14)22-11-2-12-30(22,28)29/h1,3-10,13H,2,11-12H2,(H,20,24)(H,21,25). The lowest BCUT2D eigenvalue weighted by Crippen LogP contribution is -2.40. The Bertz CT molecular complexity index is 1110. The van der Waals surface area contributed by atoms with Gasteiger partial charge in [0, 0.05) is 30.3 Å². The van der Waals surface area contributed by atoms with E-state index in [4.69, 9.17) is 0 Å². The lowest BCUT2D eigenvalue weighted by molar-refractivity contribution is -0.384. The largest absolute Gasteiger partial charge is 0.270 e. The fourth-order valence-corrected chi connectivity index (χ4v) is 4.41. The highest BCUT2D eigenvalue weighted by Crippen LogP contribution is 2.24. The number of rotatable bonds is 5. The second-order valence-electron chi connectivity index (χ2n) is 6.42. The van der Waals surface area contributed by atoms with Crippen LogP contribution in [0.25, 0.3) is 6.08 Å². The topological polar surface area (TPSA) is 139 Å². The molecule has 2 N–H and O–H groups in total. The smallest absolute Gasteiger partial charge is 0.270 e. The van der Waals surface area contributed by atoms with Crippen molar-refractivity contribution in [2.24, 2.45) is 0 Å². The molecule has 1 aliphatic rings. The molecule has 0 spiro atoms. The van der Waals surface area contributed by atoms with Gasteiger partial charge in [-0.1, -0.05) is 18.2 Å². The van der Waals surface area contributed by atoms with Crippen molar-refractivity contribution in [1.82, 2.24) is 10.9 Å². The van der Waals surface area contributed by atoms with E-state index in [1.165, 1.54) is 34.7 Å². The van der Waals surface area contributed by atoms with Gasteiger partial charge in [0.25, 0.3) is 17.5 Å². The molecule has 0 unspecified atom stereocenters. The SMILES string of the molecule is O=C(C=Cc1ccc(N2CCCS2(=O)=O)cc1)NNC(=O)c1cccc([N+](=O)[O-])c1. The molecule has 2 aromatic rings. The Labute approximate surface area is 172 Å². The molecule has 2 amide bonds. The summed E-state index contributed by atoms with van der Waals surface area (Å²) in [4.78, 5) is 34.0. The number of hydrazine groups is 1. The quantitative estimate of drug-likeness (QED) is 0.420. The molecule has 0 aromatic heterocycles. The molecule has 0 saturated carbocycles. The third-order valence-electron chi connectivity index (χ3n) is 4.33. The van der Waals surface area contributed by atoms with Gasteiger partial charge in [-0.15, -0.1) is 0 Å². The first-order valence-electron chi connectivity index (χ1n) is 8.89. The molecule has 0 aliphatic carbocycles. The molecule has 156 valence electrons. The first-order valence-corrected chi connectivity index (χ1v) is 10.5. The van der Waals surface area contributed by atoms with Crippen molar-refractivity contribution in [1.29, 1.82) is 0 Å². The maximum Gasteiger partial charge on any atom is 0.270 e. The van der Waals surface area contributed by atoms with E-state index in [1.807, 2.05) is 0 Å². The number of hydrogen-bond donors (Lipinski definition) is 2. The van der Waals surface area contributed by atoms with Crippen LogP contribution in [-0.2, 0) is 14.8 Å². The molecule has 30 heavy (non-hydrogen) atoms. The van der Waals surface area contributed by atoms with Crippen molar-refractivity contribution >= 4 is 39.3 Å². The molecule has 1 aliphatic heterocycles. The van der Waals surface area contributed by atoms with E-state index < -0.39 is 26.8 Å². The molecule has 0 atom stereocenters. The Kier molecular flexibility index (Phi) is 6.11. The van der Waals surface area contributed by atoms with Crippen molar-refractivity contribution in [3.63, 3.8) is 0 Å². The number of nitro groups is 1. The van der Waals surface area contributed by atoms with Gasteiger partial charge in [-0.05, 0) is 36.3 Å². The van der Waals surface area contributed by atoms with Gasteiger partial charge in [0.05, 0.1) is 16.4 Å². The summed E-state index contributed by atoms with van der Waals surface area (Å²) < 4.78 is 25.2.